The highest BCUT2D eigenvalue weighted by molar-refractivity contribution is 5.54. The molecule has 0 atom stereocenters. The second kappa shape index (κ2) is 6.06. The molecule has 0 radical (unpaired) electrons. The Morgan fingerprint density at radius 1 is 1.53 bits per heavy atom. The average molecular weight is 233 g/mol. The highest BCUT2D eigenvalue weighted by atomic mass is 15.1. The second-order valence-electron chi connectivity index (χ2n) is 4.25. The lowest BCUT2D eigenvalue weighted by Crippen LogP contribution is -2.31. The van der Waals surface area contributed by atoms with Crippen LogP contribution in [0.15, 0.2) is 12.1 Å². The zero-order valence-corrected chi connectivity index (χ0v) is 10.6. The van der Waals surface area contributed by atoms with Crippen molar-refractivity contribution in [3.8, 4) is 6.07 Å². The van der Waals surface area contributed by atoms with E-state index in [1.807, 2.05) is 6.07 Å². The van der Waals surface area contributed by atoms with Crippen LogP contribution < -0.4 is 11.1 Å². The average Bonchev–Trinajstić information content (AvgIpc) is 2.31. The minimum absolute atomic E-state index is 0.271. The molecule has 0 aromatic carbocycles. The van der Waals surface area contributed by atoms with Crippen molar-refractivity contribution in [2.45, 2.75) is 19.9 Å². The van der Waals surface area contributed by atoms with Crippen LogP contribution in [0.1, 0.15) is 19.5 Å². The van der Waals surface area contributed by atoms with Gasteiger partial charge >= 0.3 is 0 Å². The molecule has 1 aromatic heterocycles. The molecule has 5 nitrogen and oxygen atoms in total. The van der Waals surface area contributed by atoms with Crippen LogP contribution in [0.2, 0.25) is 0 Å². The van der Waals surface area contributed by atoms with Gasteiger partial charge in [0.25, 0.3) is 0 Å². The molecule has 1 heterocycles. The van der Waals surface area contributed by atoms with E-state index in [1.165, 1.54) is 0 Å². The molecule has 0 aliphatic heterocycles. The number of rotatable bonds is 5. The molecule has 0 amide bonds. The van der Waals surface area contributed by atoms with Crippen LogP contribution in [0, 0.1) is 11.3 Å². The third-order valence-corrected chi connectivity index (χ3v) is 2.68. The summed E-state index contributed by atoms with van der Waals surface area (Å²) in [6, 6.07) is 5.96. The van der Waals surface area contributed by atoms with Crippen LogP contribution in [-0.4, -0.2) is 36.1 Å². The Balaban J connectivity index is 2.51. The Morgan fingerprint density at radius 2 is 2.24 bits per heavy atom. The van der Waals surface area contributed by atoms with Gasteiger partial charge < -0.3 is 16.0 Å². The van der Waals surface area contributed by atoms with Crippen LogP contribution >= 0.6 is 0 Å². The van der Waals surface area contributed by atoms with Gasteiger partial charge in [0, 0.05) is 19.1 Å². The topological polar surface area (TPSA) is 78.0 Å². The van der Waals surface area contributed by atoms with Crippen molar-refractivity contribution in [1.29, 1.82) is 5.26 Å². The summed E-state index contributed by atoms with van der Waals surface area (Å²) in [6.07, 6.45) is 0. The van der Waals surface area contributed by atoms with Crippen LogP contribution in [0.5, 0.6) is 0 Å². The molecule has 3 N–H and O–H groups in total. The molecule has 0 saturated heterocycles. The number of anilines is 2. The van der Waals surface area contributed by atoms with Crippen molar-refractivity contribution in [3.63, 3.8) is 0 Å². The number of hydrogen-bond acceptors (Lipinski definition) is 5. The Morgan fingerprint density at radius 3 is 2.82 bits per heavy atom. The number of nitriles is 1. The van der Waals surface area contributed by atoms with E-state index < -0.39 is 0 Å². The minimum Gasteiger partial charge on any atom is -0.396 e. The van der Waals surface area contributed by atoms with Gasteiger partial charge in [-0.05, 0) is 33.0 Å². The molecule has 92 valence electrons. The molecule has 0 aliphatic carbocycles. The van der Waals surface area contributed by atoms with Gasteiger partial charge in [0.15, 0.2) is 5.69 Å². The molecule has 0 unspecified atom stereocenters. The smallest absolute Gasteiger partial charge is 0.165 e. The van der Waals surface area contributed by atoms with Crippen LogP contribution in [0.25, 0.3) is 0 Å². The van der Waals surface area contributed by atoms with Crippen LogP contribution in [0.3, 0.4) is 0 Å². The first-order valence-corrected chi connectivity index (χ1v) is 5.65. The SMILES string of the molecule is CC(C)N(C)CCNc1ccc(N)c(C#N)n1. The molecule has 0 fully saturated rings. The first-order chi connectivity index (χ1) is 8.04. The number of nitrogen functional groups attached to an aromatic ring is 1. The predicted molar refractivity (Wildman–Crippen MR) is 69.6 cm³/mol. The lowest BCUT2D eigenvalue weighted by atomic mass is 10.3. The fourth-order valence-corrected chi connectivity index (χ4v) is 1.28. The predicted octanol–water partition coefficient (Wildman–Crippen LogP) is 1.29. The highest BCUT2D eigenvalue weighted by Gasteiger charge is 2.04. The maximum absolute atomic E-state index is 8.80. The van der Waals surface area contributed by atoms with Crippen molar-refractivity contribution in [3.05, 3.63) is 17.8 Å². The molecule has 0 aliphatic rings. The first kappa shape index (κ1) is 13.3. The highest BCUT2D eigenvalue weighted by Crippen LogP contribution is 2.11. The van der Waals surface area contributed by atoms with E-state index >= 15 is 0 Å². The summed E-state index contributed by atoms with van der Waals surface area (Å²) < 4.78 is 0. The lowest BCUT2D eigenvalue weighted by molar-refractivity contribution is 0.284. The molecule has 0 spiro atoms. The third kappa shape index (κ3) is 3.93. The number of nitrogens with zero attached hydrogens (tertiary/aromatic N) is 3. The van der Waals surface area contributed by atoms with Gasteiger partial charge in [0.2, 0.25) is 0 Å². The van der Waals surface area contributed by atoms with Crippen LogP contribution in [-0.2, 0) is 0 Å². The van der Waals surface area contributed by atoms with Crippen molar-refractivity contribution in [2.75, 3.05) is 31.2 Å². The minimum atomic E-state index is 0.271. The number of pyridine rings is 1. The fourth-order valence-electron chi connectivity index (χ4n) is 1.28. The summed E-state index contributed by atoms with van der Waals surface area (Å²) >= 11 is 0. The largest absolute Gasteiger partial charge is 0.396 e. The van der Waals surface area contributed by atoms with E-state index in [9.17, 15) is 0 Å². The van der Waals surface area contributed by atoms with E-state index in [1.54, 1.807) is 12.1 Å². The molecule has 17 heavy (non-hydrogen) atoms. The molecule has 5 heteroatoms. The zero-order chi connectivity index (χ0) is 12.8. The second-order valence-corrected chi connectivity index (χ2v) is 4.25. The van der Waals surface area contributed by atoms with Gasteiger partial charge in [0.1, 0.15) is 11.9 Å². The van der Waals surface area contributed by atoms with Crippen molar-refractivity contribution >= 4 is 11.5 Å². The summed E-state index contributed by atoms with van der Waals surface area (Å²) in [6.45, 7) is 6.01. The standard InChI is InChI=1S/C12H19N5/c1-9(2)17(3)7-6-15-12-5-4-10(14)11(8-13)16-12/h4-5,9H,6-7,14H2,1-3H3,(H,15,16). The van der Waals surface area contributed by atoms with Gasteiger partial charge in [-0.15, -0.1) is 0 Å². The van der Waals surface area contributed by atoms with Gasteiger partial charge in [-0.1, -0.05) is 0 Å². The van der Waals surface area contributed by atoms with Crippen molar-refractivity contribution in [2.24, 2.45) is 0 Å². The van der Waals surface area contributed by atoms with E-state index in [-0.39, 0.29) is 5.69 Å². The van der Waals surface area contributed by atoms with Gasteiger partial charge in [-0.25, -0.2) is 4.98 Å². The lowest BCUT2D eigenvalue weighted by Gasteiger charge is -2.21. The summed E-state index contributed by atoms with van der Waals surface area (Å²) in [4.78, 5) is 6.35. The number of likely N-dealkylation sites (N-methyl/N-ethyl adjacent to an activating group) is 1. The summed E-state index contributed by atoms with van der Waals surface area (Å²) in [5.74, 6) is 0.688. The van der Waals surface area contributed by atoms with Gasteiger partial charge in [-0.3, -0.25) is 0 Å². The normalized spacial score (nSPS) is 10.6. The van der Waals surface area contributed by atoms with E-state index in [0.29, 0.717) is 17.5 Å². The number of nitrogens with one attached hydrogen (secondary N) is 1. The maximum atomic E-state index is 8.80. The Kier molecular flexibility index (Phi) is 4.73. The van der Waals surface area contributed by atoms with Crippen LogP contribution in [0.4, 0.5) is 11.5 Å². The first-order valence-electron chi connectivity index (χ1n) is 5.65. The third-order valence-electron chi connectivity index (χ3n) is 2.68. The molecule has 0 saturated carbocycles. The Bertz CT molecular complexity index is 408. The summed E-state index contributed by atoms with van der Waals surface area (Å²) in [5, 5.41) is 12.0. The zero-order valence-electron chi connectivity index (χ0n) is 10.6. The maximum Gasteiger partial charge on any atom is 0.165 e. The summed E-state index contributed by atoms with van der Waals surface area (Å²) in [7, 11) is 2.07. The van der Waals surface area contributed by atoms with E-state index in [4.69, 9.17) is 11.0 Å². The Labute approximate surface area is 102 Å². The number of nitrogens with two attached hydrogens (primary N) is 1. The molecular weight excluding hydrogens is 214 g/mol. The summed E-state index contributed by atoms with van der Waals surface area (Å²) in [5.41, 5.74) is 6.28. The van der Waals surface area contributed by atoms with Crippen molar-refractivity contribution in [1.82, 2.24) is 9.88 Å². The van der Waals surface area contributed by atoms with Crippen molar-refractivity contribution < 1.29 is 0 Å². The Hall–Kier alpha value is -1.80. The quantitative estimate of drug-likeness (QED) is 0.801. The number of hydrogen-bond donors (Lipinski definition) is 2. The van der Waals surface area contributed by atoms with E-state index in [0.717, 1.165) is 13.1 Å². The van der Waals surface area contributed by atoms with Gasteiger partial charge in [-0.2, -0.15) is 5.26 Å². The van der Waals surface area contributed by atoms with Gasteiger partial charge in [0.05, 0.1) is 5.69 Å². The molecule has 1 rings (SSSR count). The monoisotopic (exact) mass is 233 g/mol. The van der Waals surface area contributed by atoms with E-state index in [2.05, 4.69) is 36.1 Å². The molecular formula is C12H19N5. The number of aromatic nitrogens is 1. The molecule has 1 aromatic rings. The molecule has 0 bridgehead atoms. The fraction of sp³-hybridized carbons (Fsp3) is 0.500.